The van der Waals surface area contributed by atoms with Crippen LogP contribution in [-0.4, -0.2) is 20.7 Å². The Morgan fingerprint density at radius 2 is 2.04 bits per heavy atom. The smallest absolute Gasteiger partial charge is 0.336 e. The Balaban J connectivity index is 1.74. The molecule has 0 saturated carbocycles. The Labute approximate surface area is 164 Å². The number of nitrogens with zero attached hydrogens (tertiary/aromatic N) is 3. The van der Waals surface area contributed by atoms with E-state index in [0.717, 1.165) is 11.3 Å². The van der Waals surface area contributed by atoms with Crippen molar-refractivity contribution in [2.75, 3.05) is 0 Å². The van der Waals surface area contributed by atoms with Crippen LogP contribution in [0.15, 0.2) is 59.3 Å². The van der Waals surface area contributed by atoms with Crippen LogP contribution in [0.4, 0.5) is 0 Å². The molecule has 2 aromatic heterocycles. The maximum absolute atomic E-state index is 12.0. The highest BCUT2D eigenvalue weighted by atomic mass is 79.9. The first-order valence-corrected chi connectivity index (χ1v) is 8.99. The van der Waals surface area contributed by atoms with Crippen LogP contribution in [0.2, 0.25) is 5.15 Å². The van der Waals surface area contributed by atoms with E-state index in [1.54, 1.807) is 29.1 Å². The quantitative estimate of drug-likeness (QED) is 0.334. The molecule has 26 heavy (non-hydrogen) atoms. The predicted molar refractivity (Wildman–Crippen MR) is 104 cm³/mol. The van der Waals surface area contributed by atoms with Gasteiger partial charge in [-0.15, -0.1) is 0 Å². The van der Waals surface area contributed by atoms with Crippen LogP contribution in [0.25, 0.3) is 6.08 Å². The number of ether oxygens (including phenoxy) is 1. The summed E-state index contributed by atoms with van der Waals surface area (Å²) in [7, 11) is 0. The summed E-state index contributed by atoms with van der Waals surface area (Å²) in [4.78, 5) is 16.0. The molecule has 0 aliphatic rings. The molecule has 0 N–H and O–H groups in total. The topological polar surface area (TPSA) is 57.0 Å². The van der Waals surface area contributed by atoms with Crippen molar-refractivity contribution < 1.29 is 9.53 Å². The number of carbonyl (C=O) groups excluding carboxylic acids is 1. The summed E-state index contributed by atoms with van der Waals surface area (Å²) in [5, 5.41) is 4.92. The van der Waals surface area contributed by atoms with E-state index in [-0.39, 0.29) is 0 Å². The standard InChI is InChI=1S/C19H15BrClN3O2/c1-13-15(9-10-17(25)26-16-8-5-11-22-18(16)20)19(21)24(23-13)12-14-6-3-2-4-7-14/h2-11H,12H2,1H3. The number of aromatic nitrogens is 3. The van der Waals surface area contributed by atoms with Gasteiger partial charge in [0.25, 0.3) is 0 Å². The van der Waals surface area contributed by atoms with Gasteiger partial charge in [-0.25, -0.2) is 14.5 Å². The van der Waals surface area contributed by atoms with Crippen LogP contribution in [0, 0.1) is 6.92 Å². The average Bonchev–Trinajstić information content (AvgIpc) is 2.89. The third-order valence-electron chi connectivity index (χ3n) is 3.61. The van der Waals surface area contributed by atoms with E-state index in [9.17, 15) is 4.79 Å². The molecule has 0 aliphatic heterocycles. The third kappa shape index (κ3) is 4.39. The highest BCUT2D eigenvalue weighted by Gasteiger charge is 2.12. The zero-order valence-electron chi connectivity index (χ0n) is 13.9. The lowest BCUT2D eigenvalue weighted by atomic mass is 10.2. The van der Waals surface area contributed by atoms with E-state index < -0.39 is 5.97 Å². The summed E-state index contributed by atoms with van der Waals surface area (Å²) in [5.74, 6) is -0.172. The Kier molecular flexibility index (Phi) is 5.85. The SMILES string of the molecule is Cc1nn(Cc2ccccc2)c(Cl)c1C=CC(=O)Oc1cccnc1Br. The maximum Gasteiger partial charge on any atom is 0.336 e. The Morgan fingerprint density at radius 1 is 1.27 bits per heavy atom. The van der Waals surface area contributed by atoms with E-state index in [4.69, 9.17) is 16.3 Å². The first-order valence-electron chi connectivity index (χ1n) is 7.82. The first kappa shape index (κ1) is 18.4. The van der Waals surface area contributed by atoms with Gasteiger partial charge in [0, 0.05) is 17.8 Å². The number of halogens is 2. The molecule has 0 fully saturated rings. The van der Waals surface area contributed by atoms with Crippen LogP contribution < -0.4 is 4.74 Å². The monoisotopic (exact) mass is 431 g/mol. The summed E-state index contributed by atoms with van der Waals surface area (Å²) in [6.45, 7) is 2.40. The highest BCUT2D eigenvalue weighted by molar-refractivity contribution is 9.10. The normalized spacial score (nSPS) is 11.0. The van der Waals surface area contributed by atoms with Crippen molar-refractivity contribution >= 4 is 39.6 Å². The molecule has 0 saturated heterocycles. The van der Waals surface area contributed by atoms with E-state index in [1.165, 1.54) is 6.08 Å². The Hall–Kier alpha value is -2.44. The molecule has 0 amide bonds. The summed E-state index contributed by atoms with van der Waals surface area (Å²) in [6, 6.07) is 13.2. The van der Waals surface area contributed by atoms with Crippen LogP contribution in [-0.2, 0) is 11.3 Å². The highest BCUT2D eigenvalue weighted by Crippen LogP contribution is 2.24. The van der Waals surface area contributed by atoms with Gasteiger partial charge in [0.15, 0.2) is 5.75 Å². The number of rotatable bonds is 5. The van der Waals surface area contributed by atoms with Crippen molar-refractivity contribution in [3.8, 4) is 5.75 Å². The first-order chi connectivity index (χ1) is 12.5. The zero-order valence-corrected chi connectivity index (χ0v) is 16.2. The van der Waals surface area contributed by atoms with Gasteiger partial charge in [0.2, 0.25) is 0 Å². The fraction of sp³-hybridized carbons (Fsp3) is 0.105. The number of pyridine rings is 1. The number of aryl methyl sites for hydroxylation is 1. The molecule has 3 rings (SSSR count). The molecule has 7 heteroatoms. The molecule has 0 unspecified atom stereocenters. The Bertz CT molecular complexity index is 955. The molecule has 0 radical (unpaired) electrons. The van der Waals surface area contributed by atoms with Crippen LogP contribution >= 0.6 is 27.5 Å². The van der Waals surface area contributed by atoms with E-state index in [0.29, 0.717) is 27.6 Å². The lowest BCUT2D eigenvalue weighted by Crippen LogP contribution is -2.04. The second-order valence-electron chi connectivity index (χ2n) is 5.48. The fourth-order valence-corrected chi connectivity index (χ4v) is 2.99. The molecule has 5 nitrogen and oxygen atoms in total. The molecule has 2 heterocycles. The summed E-state index contributed by atoms with van der Waals surface area (Å²) < 4.78 is 7.41. The number of hydrogen-bond donors (Lipinski definition) is 0. The molecular weight excluding hydrogens is 418 g/mol. The summed E-state index contributed by atoms with van der Waals surface area (Å²) >= 11 is 9.66. The largest absolute Gasteiger partial charge is 0.420 e. The van der Waals surface area contributed by atoms with Gasteiger partial charge in [-0.1, -0.05) is 41.9 Å². The number of carbonyl (C=O) groups is 1. The van der Waals surface area contributed by atoms with Crippen molar-refractivity contribution in [1.29, 1.82) is 0 Å². The van der Waals surface area contributed by atoms with Crippen molar-refractivity contribution in [3.05, 3.63) is 81.3 Å². The van der Waals surface area contributed by atoms with Crippen molar-refractivity contribution in [3.63, 3.8) is 0 Å². The third-order valence-corrected chi connectivity index (χ3v) is 4.60. The van der Waals surface area contributed by atoms with Gasteiger partial charge >= 0.3 is 5.97 Å². The van der Waals surface area contributed by atoms with E-state index in [2.05, 4.69) is 26.0 Å². The molecule has 132 valence electrons. The molecule has 0 bridgehead atoms. The Morgan fingerprint density at radius 3 is 2.77 bits per heavy atom. The summed E-state index contributed by atoms with van der Waals surface area (Å²) in [6.07, 6.45) is 4.53. The molecule has 1 aromatic carbocycles. The van der Waals surface area contributed by atoms with Crippen molar-refractivity contribution in [2.24, 2.45) is 0 Å². The minimum absolute atomic E-state index is 0.352. The van der Waals surface area contributed by atoms with E-state index >= 15 is 0 Å². The van der Waals surface area contributed by atoms with Crippen LogP contribution in [0.3, 0.4) is 0 Å². The lowest BCUT2D eigenvalue weighted by molar-refractivity contribution is -0.128. The molecule has 0 atom stereocenters. The van der Waals surface area contributed by atoms with Gasteiger partial charge in [-0.2, -0.15) is 5.10 Å². The maximum atomic E-state index is 12.0. The number of benzene rings is 1. The van der Waals surface area contributed by atoms with Gasteiger partial charge in [-0.3, -0.25) is 0 Å². The van der Waals surface area contributed by atoms with Crippen LogP contribution in [0.1, 0.15) is 16.8 Å². The van der Waals surface area contributed by atoms with Gasteiger partial charge in [0.1, 0.15) is 9.76 Å². The van der Waals surface area contributed by atoms with Gasteiger partial charge in [0.05, 0.1) is 12.2 Å². The minimum Gasteiger partial charge on any atom is -0.420 e. The van der Waals surface area contributed by atoms with Gasteiger partial charge in [-0.05, 0) is 46.6 Å². The number of hydrogen-bond acceptors (Lipinski definition) is 4. The van der Waals surface area contributed by atoms with Crippen molar-refractivity contribution in [2.45, 2.75) is 13.5 Å². The average molecular weight is 433 g/mol. The second kappa shape index (κ2) is 8.29. The predicted octanol–water partition coefficient (Wildman–Crippen LogP) is 4.67. The molecule has 0 spiro atoms. The lowest BCUT2D eigenvalue weighted by Gasteiger charge is -2.03. The zero-order chi connectivity index (χ0) is 18.5. The molecule has 0 aliphatic carbocycles. The molecule has 3 aromatic rings. The van der Waals surface area contributed by atoms with Gasteiger partial charge < -0.3 is 4.74 Å². The minimum atomic E-state index is -0.523. The number of esters is 1. The second-order valence-corrected chi connectivity index (χ2v) is 6.59. The van der Waals surface area contributed by atoms with Crippen LogP contribution in [0.5, 0.6) is 5.75 Å². The molecular formula is C19H15BrClN3O2. The summed E-state index contributed by atoms with van der Waals surface area (Å²) in [5.41, 5.74) is 2.51. The fourth-order valence-electron chi connectivity index (χ4n) is 2.36. The van der Waals surface area contributed by atoms with E-state index in [1.807, 2.05) is 37.3 Å². The van der Waals surface area contributed by atoms with Crippen molar-refractivity contribution in [1.82, 2.24) is 14.8 Å².